The van der Waals surface area contributed by atoms with Gasteiger partial charge in [0.15, 0.2) is 5.82 Å². The number of carbonyl (C=O) groups excluding carboxylic acids is 1. The summed E-state index contributed by atoms with van der Waals surface area (Å²) >= 11 is 0. The molecule has 22 heavy (non-hydrogen) atoms. The van der Waals surface area contributed by atoms with Gasteiger partial charge in [0.25, 0.3) is 0 Å². The average molecular weight is 301 g/mol. The summed E-state index contributed by atoms with van der Waals surface area (Å²) in [6, 6.07) is 5.95. The lowest BCUT2D eigenvalue weighted by Crippen LogP contribution is -2.24. The van der Waals surface area contributed by atoms with Gasteiger partial charge in [0.05, 0.1) is 0 Å². The van der Waals surface area contributed by atoms with Crippen molar-refractivity contribution < 1.29 is 13.7 Å². The zero-order valence-corrected chi connectivity index (χ0v) is 12.0. The minimum atomic E-state index is -0.310. The number of hydrogen-bond donors (Lipinski definition) is 0. The number of halogens is 1. The van der Waals surface area contributed by atoms with Gasteiger partial charge < -0.3 is 9.42 Å². The van der Waals surface area contributed by atoms with Crippen molar-refractivity contribution in [1.82, 2.24) is 10.1 Å². The van der Waals surface area contributed by atoms with Crippen molar-refractivity contribution >= 4 is 11.6 Å². The van der Waals surface area contributed by atoms with Crippen LogP contribution in [0.5, 0.6) is 0 Å². The average Bonchev–Trinajstić information content (AvgIpc) is 3.05. The standard InChI is InChI=1S/C16H16FN3O2/c17-12-4-6-13(7-5-12)20-9-11(8-14(20)21)15-18-16(22-19-15)10-2-1-3-10/h4-7,10-11H,1-3,8-9H2. The Morgan fingerprint density at radius 1 is 1.18 bits per heavy atom. The molecule has 1 unspecified atom stereocenters. The third-order valence-corrected chi connectivity index (χ3v) is 4.54. The molecule has 1 atom stereocenters. The van der Waals surface area contributed by atoms with E-state index in [4.69, 9.17) is 4.52 Å². The smallest absolute Gasteiger partial charge is 0.229 e. The van der Waals surface area contributed by atoms with Gasteiger partial charge in [-0.3, -0.25) is 4.79 Å². The Labute approximate surface area is 127 Å². The van der Waals surface area contributed by atoms with Gasteiger partial charge >= 0.3 is 0 Å². The Morgan fingerprint density at radius 2 is 1.95 bits per heavy atom. The molecule has 6 heteroatoms. The molecule has 1 aromatic carbocycles. The molecule has 2 aliphatic rings. The number of rotatable bonds is 3. The van der Waals surface area contributed by atoms with Crippen molar-refractivity contribution in [2.24, 2.45) is 0 Å². The van der Waals surface area contributed by atoms with Crippen LogP contribution in [-0.4, -0.2) is 22.6 Å². The molecular formula is C16H16FN3O2. The Morgan fingerprint density at radius 3 is 2.64 bits per heavy atom. The number of carbonyl (C=O) groups is 1. The highest BCUT2D eigenvalue weighted by Gasteiger charge is 2.35. The highest BCUT2D eigenvalue weighted by Crippen LogP contribution is 2.37. The molecule has 2 heterocycles. The van der Waals surface area contributed by atoms with Gasteiger partial charge in [-0.2, -0.15) is 4.98 Å². The summed E-state index contributed by atoms with van der Waals surface area (Å²) in [5, 5.41) is 4.05. The number of benzene rings is 1. The van der Waals surface area contributed by atoms with Gasteiger partial charge in [0, 0.05) is 30.5 Å². The SMILES string of the molecule is O=C1CC(c2noc(C3CCC3)n2)CN1c1ccc(F)cc1. The highest BCUT2D eigenvalue weighted by atomic mass is 19.1. The number of hydrogen-bond acceptors (Lipinski definition) is 4. The van der Waals surface area contributed by atoms with E-state index in [-0.39, 0.29) is 17.6 Å². The monoisotopic (exact) mass is 301 g/mol. The lowest BCUT2D eigenvalue weighted by atomic mass is 9.85. The summed E-state index contributed by atoms with van der Waals surface area (Å²) < 4.78 is 18.3. The van der Waals surface area contributed by atoms with E-state index in [1.807, 2.05) is 0 Å². The maximum atomic E-state index is 13.0. The molecule has 0 radical (unpaired) electrons. The Bertz CT molecular complexity index is 694. The van der Waals surface area contributed by atoms with Crippen LogP contribution in [0.3, 0.4) is 0 Å². The maximum Gasteiger partial charge on any atom is 0.229 e. The summed E-state index contributed by atoms with van der Waals surface area (Å²) in [6.45, 7) is 0.508. The third-order valence-electron chi connectivity index (χ3n) is 4.54. The summed E-state index contributed by atoms with van der Waals surface area (Å²) in [4.78, 5) is 18.3. The van der Waals surface area contributed by atoms with E-state index in [2.05, 4.69) is 10.1 Å². The molecule has 0 N–H and O–H groups in total. The minimum absolute atomic E-state index is 0.00611. The maximum absolute atomic E-state index is 13.0. The first-order valence-corrected chi connectivity index (χ1v) is 7.60. The molecule has 1 aliphatic heterocycles. The van der Waals surface area contributed by atoms with Crippen LogP contribution in [-0.2, 0) is 4.79 Å². The molecule has 114 valence electrons. The van der Waals surface area contributed by atoms with E-state index in [1.54, 1.807) is 17.0 Å². The van der Waals surface area contributed by atoms with Crippen molar-refractivity contribution in [3.05, 3.63) is 41.8 Å². The van der Waals surface area contributed by atoms with Crippen LogP contribution >= 0.6 is 0 Å². The molecule has 1 saturated carbocycles. The lowest BCUT2D eigenvalue weighted by molar-refractivity contribution is -0.117. The van der Waals surface area contributed by atoms with Crippen LogP contribution in [0.4, 0.5) is 10.1 Å². The minimum Gasteiger partial charge on any atom is -0.339 e. The zero-order valence-electron chi connectivity index (χ0n) is 12.0. The predicted octanol–water partition coefficient (Wildman–Crippen LogP) is 3.00. The van der Waals surface area contributed by atoms with Gasteiger partial charge in [-0.15, -0.1) is 0 Å². The third kappa shape index (κ3) is 2.28. The predicted molar refractivity (Wildman–Crippen MR) is 77.0 cm³/mol. The quantitative estimate of drug-likeness (QED) is 0.874. The van der Waals surface area contributed by atoms with E-state index in [1.165, 1.54) is 18.6 Å². The van der Waals surface area contributed by atoms with E-state index in [0.717, 1.165) is 12.8 Å². The van der Waals surface area contributed by atoms with Crippen LogP contribution < -0.4 is 4.90 Å². The number of anilines is 1. The summed E-state index contributed by atoms with van der Waals surface area (Å²) in [6.07, 6.45) is 3.78. The fourth-order valence-corrected chi connectivity index (χ4v) is 2.99. The molecule has 1 saturated heterocycles. The van der Waals surface area contributed by atoms with Gasteiger partial charge in [0.1, 0.15) is 5.82 Å². The normalized spacial score (nSPS) is 22.1. The van der Waals surface area contributed by atoms with Crippen molar-refractivity contribution in [1.29, 1.82) is 0 Å². The highest BCUT2D eigenvalue weighted by molar-refractivity contribution is 5.96. The molecule has 4 rings (SSSR count). The van der Waals surface area contributed by atoms with Gasteiger partial charge in [-0.05, 0) is 37.1 Å². The topological polar surface area (TPSA) is 59.2 Å². The second kappa shape index (κ2) is 5.19. The van der Waals surface area contributed by atoms with Crippen LogP contribution in [0.2, 0.25) is 0 Å². The number of nitrogens with zero attached hydrogens (tertiary/aromatic N) is 3. The summed E-state index contributed by atoms with van der Waals surface area (Å²) in [7, 11) is 0. The molecule has 1 aliphatic carbocycles. The first-order valence-electron chi connectivity index (χ1n) is 7.60. The second-order valence-electron chi connectivity index (χ2n) is 6.00. The molecular weight excluding hydrogens is 285 g/mol. The van der Waals surface area contributed by atoms with Gasteiger partial charge in [0.2, 0.25) is 11.8 Å². The Kier molecular flexibility index (Phi) is 3.17. The Balaban J connectivity index is 1.51. The molecule has 1 amide bonds. The zero-order chi connectivity index (χ0) is 15.1. The fraction of sp³-hybridized carbons (Fsp3) is 0.438. The van der Waals surface area contributed by atoms with Crippen LogP contribution in [0, 0.1) is 5.82 Å². The van der Waals surface area contributed by atoms with Crippen molar-refractivity contribution in [3.63, 3.8) is 0 Å². The van der Waals surface area contributed by atoms with Crippen LogP contribution in [0.1, 0.15) is 49.2 Å². The van der Waals surface area contributed by atoms with Crippen molar-refractivity contribution in [2.75, 3.05) is 11.4 Å². The van der Waals surface area contributed by atoms with E-state index < -0.39 is 0 Å². The molecule has 1 aromatic heterocycles. The van der Waals surface area contributed by atoms with Crippen LogP contribution in [0.15, 0.2) is 28.8 Å². The first kappa shape index (κ1) is 13.4. The summed E-state index contributed by atoms with van der Waals surface area (Å²) in [5.74, 6) is 1.34. The number of aromatic nitrogens is 2. The van der Waals surface area contributed by atoms with E-state index >= 15 is 0 Å². The van der Waals surface area contributed by atoms with E-state index in [9.17, 15) is 9.18 Å². The second-order valence-corrected chi connectivity index (χ2v) is 6.00. The van der Waals surface area contributed by atoms with Crippen molar-refractivity contribution in [2.45, 2.75) is 37.5 Å². The van der Waals surface area contributed by atoms with Crippen LogP contribution in [0.25, 0.3) is 0 Å². The van der Waals surface area contributed by atoms with E-state index in [0.29, 0.717) is 36.3 Å². The first-order chi connectivity index (χ1) is 10.7. The summed E-state index contributed by atoms with van der Waals surface area (Å²) in [5.41, 5.74) is 0.705. The Hall–Kier alpha value is -2.24. The number of amides is 1. The molecule has 2 fully saturated rings. The lowest BCUT2D eigenvalue weighted by Gasteiger charge is -2.20. The molecule has 2 aromatic rings. The molecule has 5 nitrogen and oxygen atoms in total. The van der Waals surface area contributed by atoms with Gasteiger partial charge in [-0.25, -0.2) is 4.39 Å². The van der Waals surface area contributed by atoms with Crippen molar-refractivity contribution in [3.8, 4) is 0 Å². The largest absolute Gasteiger partial charge is 0.339 e. The molecule has 0 bridgehead atoms. The molecule has 0 spiro atoms. The fourth-order valence-electron chi connectivity index (χ4n) is 2.99. The van der Waals surface area contributed by atoms with Gasteiger partial charge in [-0.1, -0.05) is 11.6 Å².